The minimum absolute atomic E-state index is 0.187. The second kappa shape index (κ2) is 7.46. The molecule has 0 aliphatic rings. The molecule has 0 N–H and O–H groups in total. The molecule has 0 heterocycles. The molecule has 0 saturated heterocycles. The van der Waals surface area contributed by atoms with Crippen molar-refractivity contribution in [3.8, 4) is 6.07 Å². The molecule has 1 rings (SSSR count). The molecule has 96 valence electrons. The maximum Gasteiger partial charge on any atom is 0.306 e. The standard InChI is InChI=1S/C14H18N2O2/c1-3-16(9-8-14(17)18-2)11-13-6-4-12(10-15)5-7-13/h4-7H,3,8-9,11H2,1-2H3. The molecule has 1 aromatic rings. The van der Waals surface area contributed by atoms with Gasteiger partial charge in [0, 0.05) is 13.1 Å². The fourth-order valence-corrected chi connectivity index (χ4v) is 1.64. The third-order valence-electron chi connectivity index (χ3n) is 2.80. The lowest BCUT2D eigenvalue weighted by molar-refractivity contribution is -0.141. The normalized spacial score (nSPS) is 10.1. The first-order chi connectivity index (χ1) is 8.69. The van der Waals surface area contributed by atoms with Crippen LogP contribution in [-0.4, -0.2) is 31.1 Å². The predicted octanol–water partition coefficient (Wildman–Crippen LogP) is 1.94. The van der Waals surface area contributed by atoms with E-state index in [4.69, 9.17) is 5.26 Å². The number of carbonyl (C=O) groups is 1. The van der Waals surface area contributed by atoms with Crippen molar-refractivity contribution in [3.63, 3.8) is 0 Å². The van der Waals surface area contributed by atoms with E-state index in [9.17, 15) is 4.79 Å². The van der Waals surface area contributed by atoms with Crippen LogP contribution in [0.4, 0.5) is 0 Å². The first-order valence-corrected chi connectivity index (χ1v) is 5.97. The summed E-state index contributed by atoms with van der Waals surface area (Å²) >= 11 is 0. The van der Waals surface area contributed by atoms with Crippen LogP contribution in [0, 0.1) is 11.3 Å². The molecule has 0 amide bonds. The minimum Gasteiger partial charge on any atom is -0.469 e. The first kappa shape index (κ1) is 14.2. The number of ether oxygens (including phenoxy) is 1. The molecule has 4 nitrogen and oxygen atoms in total. The highest BCUT2D eigenvalue weighted by molar-refractivity contribution is 5.69. The Hall–Kier alpha value is -1.86. The van der Waals surface area contributed by atoms with Gasteiger partial charge in [0.25, 0.3) is 0 Å². The molecule has 0 fully saturated rings. The van der Waals surface area contributed by atoms with E-state index in [1.807, 2.05) is 24.3 Å². The van der Waals surface area contributed by atoms with Gasteiger partial charge in [0.2, 0.25) is 0 Å². The summed E-state index contributed by atoms with van der Waals surface area (Å²) in [5, 5.41) is 8.72. The second-order valence-electron chi connectivity index (χ2n) is 4.00. The van der Waals surface area contributed by atoms with Gasteiger partial charge in [-0.2, -0.15) is 5.26 Å². The van der Waals surface area contributed by atoms with Crippen LogP contribution in [0.15, 0.2) is 24.3 Å². The minimum atomic E-state index is -0.187. The summed E-state index contributed by atoms with van der Waals surface area (Å²) in [5.74, 6) is -0.187. The predicted molar refractivity (Wildman–Crippen MR) is 68.7 cm³/mol. The highest BCUT2D eigenvalue weighted by Crippen LogP contribution is 2.07. The lowest BCUT2D eigenvalue weighted by Crippen LogP contribution is -2.26. The smallest absolute Gasteiger partial charge is 0.306 e. The zero-order valence-corrected chi connectivity index (χ0v) is 10.8. The van der Waals surface area contributed by atoms with E-state index in [0.29, 0.717) is 18.5 Å². The van der Waals surface area contributed by atoms with Gasteiger partial charge in [0.1, 0.15) is 0 Å². The lowest BCUT2D eigenvalue weighted by atomic mass is 10.1. The fraction of sp³-hybridized carbons (Fsp3) is 0.429. The Morgan fingerprint density at radius 1 is 1.39 bits per heavy atom. The first-order valence-electron chi connectivity index (χ1n) is 5.97. The van der Waals surface area contributed by atoms with Gasteiger partial charge in [-0.3, -0.25) is 9.69 Å². The van der Waals surface area contributed by atoms with Gasteiger partial charge in [0.15, 0.2) is 0 Å². The Morgan fingerprint density at radius 3 is 2.56 bits per heavy atom. The number of nitrogens with zero attached hydrogens (tertiary/aromatic N) is 2. The van der Waals surface area contributed by atoms with Gasteiger partial charge in [-0.15, -0.1) is 0 Å². The summed E-state index contributed by atoms with van der Waals surface area (Å²) in [6.45, 7) is 4.39. The van der Waals surface area contributed by atoms with Gasteiger partial charge in [0.05, 0.1) is 25.2 Å². The van der Waals surface area contributed by atoms with Crippen molar-refractivity contribution in [3.05, 3.63) is 35.4 Å². The van der Waals surface area contributed by atoms with E-state index >= 15 is 0 Å². The largest absolute Gasteiger partial charge is 0.469 e. The molecular formula is C14H18N2O2. The van der Waals surface area contributed by atoms with Crippen LogP contribution in [0.25, 0.3) is 0 Å². The zero-order valence-electron chi connectivity index (χ0n) is 10.8. The summed E-state index contributed by atoms with van der Waals surface area (Å²) in [6.07, 6.45) is 0.403. The maximum absolute atomic E-state index is 11.1. The van der Waals surface area contributed by atoms with E-state index < -0.39 is 0 Å². The Labute approximate surface area is 108 Å². The molecule has 0 unspecified atom stereocenters. The SMILES string of the molecule is CCN(CCC(=O)OC)Cc1ccc(C#N)cc1. The van der Waals surface area contributed by atoms with E-state index in [2.05, 4.69) is 22.6 Å². The van der Waals surface area contributed by atoms with Crippen LogP contribution in [0.5, 0.6) is 0 Å². The van der Waals surface area contributed by atoms with E-state index in [1.54, 1.807) is 0 Å². The highest BCUT2D eigenvalue weighted by atomic mass is 16.5. The number of carbonyl (C=O) groups excluding carboxylic acids is 1. The summed E-state index contributed by atoms with van der Waals surface area (Å²) in [6, 6.07) is 9.60. The van der Waals surface area contributed by atoms with Crippen molar-refractivity contribution >= 4 is 5.97 Å². The highest BCUT2D eigenvalue weighted by Gasteiger charge is 2.07. The van der Waals surface area contributed by atoms with E-state index in [-0.39, 0.29) is 5.97 Å². The average molecular weight is 246 g/mol. The second-order valence-corrected chi connectivity index (χ2v) is 4.00. The molecule has 0 saturated carbocycles. The maximum atomic E-state index is 11.1. The van der Waals surface area contributed by atoms with Gasteiger partial charge < -0.3 is 4.74 Å². The quantitative estimate of drug-likeness (QED) is 0.720. The van der Waals surface area contributed by atoms with Gasteiger partial charge in [-0.25, -0.2) is 0 Å². The topological polar surface area (TPSA) is 53.3 Å². The zero-order chi connectivity index (χ0) is 13.4. The molecule has 0 aliphatic heterocycles. The van der Waals surface area contributed by atoms with Crippen molar-refractivity contribution in [1.82, 2.24) is 4.90 Å². The molecule has 0 bridgehead atoms. The summed E-state index contributed by atoms with van der Waals surface area (Å²) in [4.78, 5) is 13.2. The van der Waals surface area contributed by atoms with E-state index in [0.717, 1.165) is 18.7 Å². The summed E-state index contributed by atoms with van der Waals surface area (Å²) in [5.41, 5.74) is 1.80. The van der Waals surface area contributed by atoms with Gasteiger partial charge in [-0.05, 0) is 24.2 Å². The van der Waals surface area contributed by atoms with Crippen LogP contribution in [0.3, 0.4) is 0 Å². The van der Waals surface area contributed by atoms with Crippen LogP contribution in [0.2, 0.25) is 0 Å². The van der Waals surface area contributed by atoms with Crippen LogP contribution < -0.4 is 0 Å². The molecule has 0 spiro atoms. The molecular weight excluding hydrogens is 228 g/mol. The third-order valence-corrected chi connectivity index (χ3v) is 2.80. The number of rotatable bonds is 6. The molecule has 0 radical (unpaired) electrons. The summed E-state index contributed by atoms with van der Waals surface area (Å²) < 4.78 is 4.62. The van der Waals surface area contributed by atoms with Gasteiger partial charge >= 0.3 is 5.97 Å². The van der Waals surface area contributed by atoms with Crippen molar-refractivity contribution in [2.24, 2.45) is 0 Å². The monoisotopic (exact) mass is 246 g/mol. The number of nitriles is 1. The van der Waals surface area contributed by atoms with Crippen molar-refractivity contribution in [1.29, 1.82) is 5.26 Å². The van der Waals surface area contributed by atoms with Crippen LogP contribution >= 0.6 is 0 Å². The Morgan fingerprint density at radius 2 is 2.06 bits per heavy atom. The lowest BCUT2D eigenvalue weighted by Gasteiger charge is -2.19. The number of benzene rings is 1. The Bertz CT molecular complexity index is 420. The Kier molecular flexibility index (Phi) is 5.89. The third kappa shape index (κ3) is 4.56. The number of methoxy groups -OCH3 is 1. The van der Waals surface area contributed by atoms with Crippen LogP contribution in [0.1, 0.15) is 24.5 Å². The number of esters is 1. The van der Waals surface area contributed by atoms with E-state index in [1.165, 1.54) is 7.11 Å². The molecule has 1 aromatic carbocycles. The molecule has 0 aromatic heterocycles. The summed E-state index contributed by atoms with van der Waals surface area (Å²) in [7, 11) is 1.40. The number of hydrogen-bond donors (Lipinski definition) is 0. The fourth-order valence-electron chi connectivity index (χ4n) is 1.64. The molecule has 0 atom stereocenters. The van der Waals surface area contributed by atoms with Crippen molar-refractivity contribution in [2.45, 2.75) is 19.9 Å². The number of hydrogen-bond acceptors (Lipinski definition) is 4. The van der Waals surface area contributed by atoms with Crippen LogP contribution in [-0.2, 0) is 16.1 Å². The van der Waals surface area contributed by atoms with Gasteiger partial charge in [-0.1, -0.05) is 19.1 Å². The average Bonchev–Trinajstić information content (AvgIpc) is 2.43. The van der Waals surface area contributed by atoms with Crippen molar-refractivity contribution in [2.75, 3.05) is 20.2 Å². The Balaban J connectivity index is 2.51. The van der Waals surface area contributed by atoms with Crippen molar-refractivity contribution < 1.29 is 9.53 Å². The molecule has 18 heavy (non-hydrogen) atoms. The molecule has 0 aliphatic carbocycles. The molecule has 4 heteroatoms.